The van der Waals surface area contributed by atoms with Crippen LogP contribution < -0.4 is 20.1 Å². The van der Waals surface area contributed by atoms with Gasteiger partial charge in [0.05, 0.1) is 6.61 Å². The lowest BCUT2D eigenvalue weighted by atomic mass is 10.3. The second-order valence-corrected chi connectivity index (χ2v) is 4.19. The number of ether oxygens (including phenoxy) is 2. The summed E-state index contributed by atoms with van der Waals surface area (Å²) in [6.45, 7) is 2.28. The van der Waals surface area contributed by atoms with Gasteiger partial charge in [0.25, 0.3) is 0 Å². The molecule has 0 bridgehead atoms. The Hall–Kier alpha value is -2.57. The van der Waals surface area contributed by atoms with Gasteiger partial charge in [-0.1, -0.05) is 6.07 Å². The van der Waals surface area contributed by atoms with Crippen LogP contribution in [0.4, 0.5) is 11.6 Å². The predicted molar refractivity (Wildman–Crippen MR) is 76.3 cm³/mol. The molecule has 2 rings (SSSR count). The van der Waals surface area contributed by atoms with Gasteiger partial charge in [0, 0.05) is 25.8 Å². The lowest BCUT2D eigenvalue weighted by Crippen LogP contribution is -2.08. The Bertz CT molecular complexity index is 589. The molecule has 0 amide bonds. The zero-order chi connectivity index (χ0) is 14.5. The second kappa shape index (κ2) is 6.05. The van der Waals surface area contributed by atoms with Crippen molar-refractivity contribution in [2.24, 2.45) is 0 Å². The highest BCUT2D eigenvalue weighted by Crippen LogP contribution is 2.24. The third-order valence-electron chi connectivity index (χ3n) is 2.43. The minimum Gasteiger partial charge on any atom is -0.464 e. The van der Waals surface area contributed by atoms with Crippen molar-refractivity contribution in [1.82, 2.24) is 15.0 Å². The van der Waals surface area contributed by atoms with E-state index in [9.17, 15) is 0 Å². The molecule has 106 valence electrons. The van der Waals surface area contributed by atoms with Crippen molar-refractivity contribution in [3.05, 3.63) is 24.3 Å². The van der Waals surface area contributed by atoms with Crippen LogP contribution >= 0.6 is 0 Å². The number of nitrogens with zero attached hydrogens (tertiary/aromatic N) is 4. The number of rotatable bonds is 5. The first-order valence-corrected chi connectivity index (χ1v) is 6.18. The van der Waals surface area contributed by atoms with Crippen molar-refractivity contribution in [1.29, 1.82) is 0 Å². The highest BCUT2D eigenvalue weighted by Gasteiger charge is 2.08. The highest BCUT2D eigenvalue weighted by molar-refractivity contribution is 5.49. The van der Waals surface area contributed by atoms with Gasteiger partial charge in [-0.25, -0.2) is 0 Å². The van der Waals surface area contributed by atoms with Crippen molar-refractivity contribution in [3.8, 4) is 17.8 Å². The molecule has 0 saturated carbocycles. The molecule has 0 unspecified atom stereocenters. The molecule has 7 heteroatoms. The van der Waals surface area contributed by atoms with E-state index in [-0.39, 0.29) is 18.0 Å². The molecule has 1 aromatic heterocycles. The fourth-order valence-electron chi connectivity index (χ4n) is 1.52. The van der Waals surface area contributed by atoms with Crippen LogP contribution in [-0.4, -0.2) is 35.7 Å². The Balaban J connectivity index is 2.23. The van der Waals surface area contributed by atoms with Crippen LogP contribution in [0.1, 0.15) is 6.92 Å². The summed E-state index contributed by atoms with van der Waals surface area (Å²) < 4.78 is 10.8. The monoisotopic (exact) mass is 275 g/mol. The Labute approximate surface area is 117 Å². The molecule has 0 aliphatic heterocycles. The van der Waals surface area contributed by atoms with E-state index in [1.165, 1.54) is 0 Å². The maximum Gasteiger partial charge on any atom is 0.330 e. The van der Waals surface area contributed by atoms with Gasteiger partial charge in [0.15, 0.2) is 0 Å². The minimum absolute atomic E-state index is 0.0576. The summed E-state index contributed by atoms with van der Waals surface area (Å²) in [7, 11) is 3.90. The molecule has 0 saturated heterocycles. The topological polar surface area (TPSA) is 86.4 Å². The normalized spacial score (nSPS) is 10.2. The molecule has 2 N–H and O–H groups in total. The largest absolute Gasteiger partial charge is 0.464 e. The SMILES string of the molecule is CCOc1nc(N)nc(Oc2cccc(N(C)C)c2)n1. The van der Waals surface area contributed by atoms with Gasteiger partial charge in [0.1, 0.15) is 5.75 Å². The molecule has 1 heterocycles. The first-order chi connectivity index (χ1) is 9.58. The number of aromatic nitrogens is 3. The standard InChI is InChI=1S/C13H17N5O2/c1-4-19-12-15-11(14)16-13(17-12)20-10-7-5-6-9(8-10)18(2)3/h5-8H,4H2,1-3H3,(H2,14,15,16,17). The fraction of sp³-hybridized carbons (Fsp3) is 0.308. The summed E-state index contributed by atoms with van der Waals surface area (Å²) >= 11 is 0. The van der Waals surface area contributed by atoms with Gasteiger partial charge < -0.3 is 20.1 Å². The Morgan fingerprint density at radius 2 is 1.90 bits per heavy atom. The second-order valence-electron chi connectivity index (χ2n) is 4.19. The van der Waals surface area contributed by atoms with Crippen LogP contribution in [0.25, 0.3) is 0 Å². The van der Waals surface area contributed by atoms with E-state index in [0.717, 1.165) is 5.69 Å². The molecule has 0 spiro atoms. The maximum atomic E-state index is 5.59. The van der Waals surface area contributed by atoms with E-state index in [4.69, 9.17) is 15.2 Å². The van der Waals surface area contributed by atoms with Crippen LogP contribution in [-0.2, 0) is 0 Å². The lowest BCUT2D eigenvalue weighted by molar-refractivity contribution is 0.304. The van der Waals surface area contributed by atoms with Gasteiger partial charge >= 0.3 is 12.0 Å². The average Bonchev–Trinajstić information content (AvgIpc) is 2.38. The molecule has 2 aromatic rings. The molecular formula is C13H17N5O2. The first-order valence-electron chi connectivity index (χ1n) is 6.18. The summed E-state index contributed by atoms with van der Waals surface area (Å²) in [5.74, 6) is 0.673. The van der Waals surface area contributed by atoms with Crippen molar-refractivity contribution in [2.75, 3.05) is 31.3 Å². The number of hydrogen-bond acceptors (Lipinski definition) is 7. The van der Waals surface area contributed by atoms with E-state index in [2.05, 4.69) is 15.0 Å². The Kier molecular flexibility index (Phi) is 4.19. The maximum absolute atomic E-state index is 5.59. The van der Waals surface area contributed by atoms with Crippen molar-refractivity contribution >= 4 is 11.6 Å². The number of nitrogens with two attached hydrogens (primary N) is 1. The summed E-state index contributed by atoms with van der Waals surface area (Å²) in [4.78, 5) is 13.8. The average molecular weight is 275 g/mol. The number of hydrogen-bond donors (Lipinski definition) is 1. The first kappa shape index (κ1) is 13.9. The fourth-order valence-corrected chi connectivity index (χ4v) is 1.52. The van der Waals surface area contributed by atoms with Crippen molar-refractivity contribution in [2.45, 2.75) is 6.92 Å². The smallest absolute Gasteiger partial charge is 0.330 e. The number of benzene rings is 1. The number of nitrogen functional groups attached to an aromatic ring is 1. The third-order valence-corrected chi connectivity index (χ3v) is 2.43. The molecule has 20 heavy (non-hydrogen) atoms. The predicted octanol–water partition coefficient (Wildman–Crippen LogP) is 1.71. The van der Waals surface area contributed by atoms with Crippen molar-refractivity contribution in [3.63, 3.8) is 0 Å². The summed E-state index contributed by atoms with van der Waals surface area (Å²) in [5.41, 5.74) is 6.60. The summed E-state index contributed by atoms with van der Waals surface area (Å²) in [5, 5.41) is 0. The molecular weight excluding hydrogens is 258 g/mol. The van der Waals surface area contributed by atoms with E-state index in [1.54, 1.807) is 0 Å². The Morgan fingerprint density at radius 1 is 1.15 bits per heavy atom. The van der Waals surface area contributed by atoms with Crippen LogP contribution in [0.3, 0.4) is 0 Å². The van der Waals surface area contributed by atoms with Gasteiger partial charge in [-0.2, -0.15) is 9.97 Å². The zero-order valence-corrected chi connectivity index (χ0v) is 11.7. The molecule has 0 aliphatic carbocycles. The summed E-state index contributed by atoms with van der Waals surface area (Å²) in [6, 6.07) is 7.81. The van der Waals surface area contributed by atoms with Crippen LogP contribution in [0.5, 0.6) is 17.8 Å². The molecule has 0 fully saturated rings. The van der Waals surface area contributed by atoms with Gasteiger partial charge in [0.2, 0.25) is 5.95 Å². The van der Waals surface area contributed by atoms with Crippen LogP contribution in [0, 0.1) is 0 Å². The van der Waals surface area contributed by atoms with Crippen LogP contribution in [0.2, 0.25) is 0 Å². The molecule has 0 aliphatic rings. The zero-order valence-electron chi connectivity index (χ0n) is 11.7. The van der Waals surface area contributed by atoms with Gasteiger partial charge in [-0.3, -0.25) is 0 Å². The molecule has 0 radical (unpaired) electrons. The Morgan fingerprint density at radius 3 is 2.60 bits per heavy atom. The number of anilines is 2. The third kappa shape index (κ3) is 3.47. The summed E-state index contributed by atoms with van der Waals surface area (Å²) in [6.07, 6.45) is 0. The van der Waals surface area contributed by atoms with Crippen molar-refractivity contribution < 1.29 is 9.47 Å². The quantitative estimate of drug-likeness (QED) is 0.888. The van der Waals surface area contributed by atoms with E-state index >= 15 is 0 Å². The van der Waals surface area contributed by atoms with Gasteiger partial charge in [-0.05, 0) is 19.1 Å². The van der Waals surface area contributed by atoms with Gasteiger partial charge in [-0.15, -0.1) is 4.98 Å². The van der Waals surface area contributed by atoms with E-state index in [0.29, 0.717) is 12.4 Å². The lowest BCUT2D eigenvalue weighted by Gasteiger charge is -2.13. The minimum atomic E-state index is 0.0576. The molecule has 1 aromatic carbocycles. The highest BCUT2D eigenvalue weighted by atomic mass is 16.5. The molecule has 7 nitrogen and oxygen atoms in total. The van der Waals surface area contributed by atoms with E-state index < -0.39 is 0 Å². The molecule has 0 atom stereocenters. The van der Waals surface area contributed by atoms with E-state index in [1.807, 2.05) is 50.2 Å². The van der Waals surface area contributed by atoms with Crippen LogP contribution in [0.15, 0.2) is 24.3 Å².